The van der Waals surface area contributed by atoms with Crippen molar-refractivity contribution in [1.29, 1.82) is 0 Å². The molecule has 3 amide bonds. The maximum atomic E-state index is 13.0. The van der Waals surface area contributed by atoms with Crippen molar-refractivity contribution < 1.29 is 19.1 Å². The summed E-state index contributed by atoms with van der Waals surface area (Å²) in [4.78, 5) is 51.3. The summed E-state index contributed by atoms with van der Waals surface area (Å²) in [6.07, 6.45) is 6.07. The number of ketones is 1. The summed E-state index contributed by atoms with van der Waals surface area (Å²) in [5, 5.41) is 11.0. The minimum Gasteiger partial charge on any atom is -0.378 e. The lowest BCUT2D eigenvalue weighted by molar-refractivity contribution is -0.132. The van der Waals surface area contributed by atoms with Crippen LogP contribution in [0.5, 0.6) is 0 Å². The molecule has 2 saturated heterocycles. The molecule has 246 valence electrons. The number of aryl methyl sites for hydroxylation is 1. The number of hydrogen-bond acceptors (Lipinski definition) is 8. The van der Waals surface area contributed by atoms with Gasteiger partial charge in [-0.2, -0.15) is 5.10 Å². The average molecular weight is 639 g/mol. The Kier molecular flexibility index (Phi) is 10.4. The molecular formula is C35H42N8O4. The van der Waals surface area contributed by atoms with Crippen molar-refractivity contribution in [3.05, 3.63) is 66.4 Å². The van der Waals surface area contributed by atoms with Crippen LogP contribution in [0, 0.1) is 0 Å². The number of aromatic nitrogens is 4. The number of ether oxygens (including phenoxy) is 1. The molecule has 12 heteroatoms. The minimum atomic E-state index is -0.286. The average Bonchev–Trinajstić information content (AvgIpc) is 3.55. The van der Waals surface area contributed by atoms with E-state index in [0.29, 0.717) is 63.5 Å². The number of Topliss-reactive ketones (excluding diaryl/α,β-unsaturated/α-hetero) is 1. The third-order valence-electron chi connectivity index (χ3n) is 8.92. The van der Waals surface area contributed by atoms with Crippen molar-refractivity contribution in [2.45, 2.75) is 51.0 Å². The molecule has 4 heterocycles. The van der Waals surface area contributed by atoms with Crippen LogP contribution in [0.2, 0.25) is 0 Å². The first kappa shape index (κ1) is 32.1. The Morgan fingerprint density at radius 1 is 0.894 bits per heavy atom. The zero-order valence-electron chi connectivity index (χ0n) is 26.9. The number of nitrogens with zero attached hydrogens (tertiary/aromatic N) is 6. The van der Waals surface area contributed by atoms with Crippen molar-refractivity contribution in [1.82, 2.24) is 30.0 Å². The highest BCUT2D eigenvalue weighted by atomic mass is 16.5. The van der Waals surface area contributed by atoms with Crippen LogP contribution in [-0.4, -0.2) is 88.8 Å². The molecular weight excluding hydrogens is 596 g/mol. The number of urea groups is 1. The first-order chi connectivity index (χ1) is 23.0. The highest BCUT2D eigenvalue weighted by Crippen LogP contribution is 2.32. The molecule has 2 fully saturated rings. The maximum Gasteiger partial charge on any atom is 0.318 e. The van der Waals surface area contributed by atoms with E-state index in [9.17, 15) is 14.4 Å². The Labute approximate surface area is 274 Å². The molecule has 0 aliphatic carbocycles. The van der Waals surface area contributed by atoms with Gasteiger partial charge in [0.25, 0.3) is 0 Å². The van der Waals surface area contributed by atoms with E-state index in [1.54, 1.807) is 7.05 Å². The zero-order chi connectivity index (χ0) is 32.6. The van der Waals surface area contributed by atoms with E-state index in [1.807, 2.05) is 70.4 Å². The summed E-state index contributed by atoms with van der Waals surface area (Å²) in [7, 11) is 1.57. The number of benzene rings is 2. The molecule has 0 saturated carbocycles. The van der Waals surface area contributed by atoms with Crippen LogP contribution in [0.25, 0.3) is 22.4 Å². The number of nitrogens with one attached hydrogen (secondary N) is 2. The fraction of sp³-hybridized carbons (Fsp3) is 0.429. The smallest absolute Gasteiger partial charge is 0.318 e. The zero-order valence-corrected chi connectivity index (χ0v) is 26.9. The number of fused-ring (bicyclic) bond motifs is 1. The van der Waals surface area contributed by atoms with Crippen LogP contribution in [0.3, 0.4) is 0 Å². The summed E-state index contributed by atoms with van der Waals surface area (Å²) in [6.45, 7) is 3.99. The Morgan fingerprint density at radius 3 is 2.36 bits per heavy atom. The van der Waals surface area contributed by atoms with Gasteiger partial charge < -0.3 is 25.2 Å². The van der Waals surface area contributed by atoms with Gasteiger partial charge in [0.2, 0.25) is 5.91 Å². The molecule has 2 N–H and O–H groups in total. The van der Waals surface area contributed by atoms with Crippen molar-refractivity contribution in [3.63, 3.8) is 0 Å². The second-order valence-electron chi connectivity index (χ2n) is 12.1. The molecule has 4 aromatic rings. The van der Waals surface area contributed by atoms with E-state index in [2.05, 4.69) is 15.5 Å². The number of likely N-dealkylation sites (tertiary alicyclic amines) is 1. The van der Waals surface area contributed by atoms with Gasteiger partial charge in [0, 0.05) is 63.7 Å². The highest BCUT2D eigenvalue weighted by Gasteiger charge is 2.28. The molecule has 2 aromatic carbocycles. The van der Waals surface area contributed by atoms with E-state index < -0.39 is 0 Å². The van der Waals surface area contributed by atoms with Gasteiger partial charge in [-0.05, 0) is 55.5 Å². The van der Waals surface area contributed by atoms with Crippen molar-refractivity contribution in [2.75, 3.05) is 56.7 Å². The van der Waals surface area contributed by atoms with E-state index in [1.165, 1.54) is 0 Å². The molecule has 0 unspecified atom stereocenters. The van der Waals surface area contributed by atoms with Gasteiger partial charge in [-0.25, -0.2) is 19.4 Å². The normalized spacial score (nSPS) is 15.5. The van der Waals surface area contributed by atoms with Gasteiger partial charge in [-0.15, -0.1) is 0 Å². The third-order valence-corrected chi connectivity index (χ3v) is 8.92. The largest absolute Gasteiger partial charge is 0.378 e. The molecule has 6 rings (SSSR count). The maximum absolute atomic E-state index is 13.0. The van der Waals surface area contributed by atoms with E-state index in [0.717, 1.165) is 60.3 Å². The molecule has 47 heavy (non-hydrogen) atoms. The summed E-state index contributed by atoms with van der Waals surface area (Å²) in [5.74, 6) is 1.73. The van der Waals surface area contributed by atoms with Crippen LogP contribution >= 0.6 is 0 Å². The van der Waals surface area contributed by atoms with Gasteiger partial charge in [-0.1, -0.05) is 30.3 Å². The molecule has 2 aromatic heterocycles. The molecule has 0 bridgehead atoms. The minimum absolute atomic E-state index is 0.0931. The first-order valence-corrected chi connectivity index (χ1v) is 16.5. The number of rotatable bonds is 11. The van der Waals surface area contributed by atoms with Gasteiger partial charge >= 0.3 is 6.03 Å². The Bertz CT molecular complexity index is 1680. The predicted octanol–water partition coefficient (Wildman–Crippen LogP) is 4.62. The fourth-order valence-corrected chi connectivity index (χ4v) is 6.23. The van der Waals surface area contributed by atoms with Crippen molar-refractivity contribution in [3.8, 4) is 11.4 Å². The Hall–Kier alpha value is -4.84. The lowest BCUT2D eigenvalue weighted by Gasteiger charge is -2.32. The number of carbonyl (C=O) groups excluding carboxylic acids is 3. The number of morpholine rings is 1. The number of anilines is 2. The first-order valence-electron chi connectivity index (χ1n) is 16.5. The molecule has 0 spiro atoms. The molecule has 0 atom stereocenters. The third kappa shape index (κ3) is 7.94. The lowest BCUT2D eigenvalue weighted by Crippen LogP contribution is -2.39. The van der Waals surface area contributed by atoms with Crippen LogP contribution in [0.1, 0.15) is 50.1 Å². The van der Waals surface area contributed by atoms with Crippen LogP contribution in [-0.2, 0) is 20.7 Å². The van der Waals surface area contributed by atoms with Crippen molar-refractivity contribution in [2.24, 2.45) is 0 Å². The molecule has 0 radical (unpaired) electrons. The summed E-state index contributed by atoms with van der Waals surface area (Å²) in [6, 6.07) is 17.3. The summed E-state index contributed by atoms with van der Waals surface area (Å²) in [5.41, 5.74) is 3.43. The standard InChI is InChI=1S/C35H42N8O4/c1-36-35(46)38-27-13-11-26(12-14-27)32-39-33(42-20-22-47-23-21-42)30-24-37-43(34(30)40-32)28-16-18-41(19-17-28)31(45)9-5-8-29(44)15-10-25-6-3-2-4-7-25/h2-4,6-7,11-14,24,28H,5,8-10,15-23H2,1H3,(H2,36,38,46). The summed E-state index contributed by atoms with van der Waals surface area (Å²) >= 11 is 0. The van der Waals surface area contributed by atoms with Crippen molar-refractivity contribution >= 4 is 40.3 Å². The lowest BCUT2D eigenvalue weighted by atomic mass is 10.0. The van der Waals surface area contributed by atoms with E-state index in [4.69, 9.17) is 19.8 Å². The number of amides is 3. The molecule has 2 aliphatic heterocycles. The quantitative estimate of drug-likeness (QED) is 0.243. The van der Waals surface area contributed by atoms with Gasteiger partial charge in [0.05, 0.1) is 30.8 Å². The van der Waals surface area contributed by atoms with E-state index >= 15 is 0 Å². The van der Waals surface area contributed by atoms with Crippen LogP contribution in [0.15, 0.2) is 60.8 Å². The van der Waals surface area contributed by atoms with Crippen LogP contribution in [0.4, 0.5) is 16.3 Å². The number of carbonyl (C=O) groups is 3. The molecule has 12 nitrogen and oxygen atoms in total. The fourth-order valence-electron chi connectivity index (χ4n) is 6.23. The topological polar surface area (TPSA) is 135 Å². The van der Waals surface area contributed by atoms with E-state index in [-0.39, 0.29) is 23.8 Å². The van der Waals surface area contributed by atoms with Crippen LogP contribution < -0.4 is 15.5 Å². The number of piperidine rings is 1. The number of hydrogen-bond donors (Lipinski definition) is 2. The Balaban J connectivity index is 1.11. The monoisotopic (exact) mass is 638 g/mol. The second kappa shape index (κ2) is 15.2. The Morgan fingerprint density at radius 2 is 1.64 bits per heavy atom. The predicted molar refractivity (Wildman–Crippen MR) is 180 cm³/mol. The van der Waals surface area contributed by atoms with Gasteiger partial charge in [-0.3, -0.25) is 9.59 Å². The second-order valence-corrected chi connectivity index (χ2v) is 12.1. The highest BCUT2D eigenvalue weighted by molar-refractivity contribution is 5.90. The van der Waals surface area contributed by atoms with Gasteiger partial charge in [0.1, 0.15) is 11.6 Å². The molecule has 2 aliphatic rings. The van der Waals surface area contributed by atoms with Gasteiger partial charge in [0.15, 0.2) is 11.5 Å². The summed E-state index contributed by atoms with van der Waals surface area (Å²) < 4.78 is 7.60. The SMILES string of the molecule is CNC(=O)Nc1ccc(-c2nc(N3CCOCC3)c3cnn(C4CCN(C(=O)CCCC(=O)CCc5ccccc5)CC4)c3n2)cc1.